The van der Waals surface area contributed by atoms with Gasteiger partial charge in [-0.05, 0) is 43.7 Å². The van der Waals surface area contributed by atoms with E-state index in [1.807, 2.05) is 13.8 Å². The van der Waals surface area contributed by atoms with E-state index in [1.54, 1.807) is 9.80 Å². The summed E-state index contributed by atoms with van der Waals surface area (Å²) >= 11 is 1.23. The molecule has 0 spiro atoms. The molecule has 41 heavy (non-hydrogen) atoms. The SMILES string of the molecule is C=CC(=O)N1[C@H](C)CN(c2nc(=O)n3c4c(c(-c5ccc(F)cc5)c(C(F)(F)F)cc24)SCC(COC)C3)C[C@@H]1C. The number of ether oxygens (including phenoxy) is 1. The third-order valence-electron chi connectivity index (χ3n) is 7.59. The second-order valence-electron chi connectivity index (χ2n) is 10.5. The fourth-order valence-electron chi connectivity index (χ4n) is 5.95. The predicted molar refractivity (Wildman–Crippen MR) is 151 cm³/mol. The summed E-state index contributed by atoms with van der Waals surface area (Å²) in [7, 11) is 1.53. The summed E-state index contributed by atoms with van der Waals surface area (Å²) in [5.41, 5.74) is -1.00. The molecule has 1 aromatic heterocycles. The second kappa shape index (κ2) is 11.1. The third-order valence-corrected chi connectivity index (χ3v) is 8.92. The zero-order valence-corrected chi connectivity index (χ0v) is 23.7. The van der Waals surface area contributed by atoms with E-state index in [-0.39, 0.29) is 65.9 Å². The van der Waals surface area contributed by atoms with Crippen LogP contribution in [-0.4, -0.2) is 65.0 Å². The molecule has 218 valence electrons. The van der Waals surface area contributed by atoms with Gasteiger partial charge < -0.3 is 14.5 Å². The van der Waals surface area contributed by atoms with Crippen molar-refractivity contribution in [2.75, 3.05) is 37.5 Å². The highest BCUT2D eigenvalue weighted by atomic mass is 32.2. The zero-order valence-electron chi connectivity index (χ0n) is 22.9. The maximum atomic E-state index is 14.8. The Morgan fingerprint density at radius 2 is 1.83 bits per heavy atom. The van der Waals surface area contributed by atoms with Crippen molar-refractivity contribution in [1.29, 1.82) is 0 Å². The van der Waals surface area contributed by atoms with Gasteiger partial charge >= 0.3 is 11.9 Å². The minimum absolute atomic E-state index is 0.0958. The van der Waals surface area contributed by atoms with E-state index in [2.05, 4.69) is 11.6 Å². The molecule has 1 amide bonds. The van der Waals surface area contributed by atoms with Gasteiger partial charge in [-0.1, -0.05) is 18.7 Å². The second-order valence-corrected chi connectivity index (χ2v) is 11.6. The van der Waals surface area contributed by atoms with Crippen LogP contribution in [0, 0.1) is 11.7 Å². The fraction of sp³-hybridized carbons (Fsp3) is 0.414. The van der Waals surface area contributed by atoms with Gasteiger partial charge in [0.05, 0.1) is 17.7 Å². The van der Waals surface area contributed by atoms with Crippen molar-refractivity contribution in [3.63, 3.8) is 0 Å². The number of benzene rings is 2. The van der Waals surface area contributed by atoms with Gasteiger partial charge in [-0.15, -0.1) is 11.8 Å². The average Bonchev–Trinajstić information content (AvgIpc) is 3.11. The van der Waals surface area contributed by atoms with Crippen molar-refractivity contribution in [2.24, 2.45) is 5.92 Å². The lowest BCUT2D eigenvalue weighted by Gasteiger charge is -2.44. The Kier molecular flexibility index (Phi) is 7.90. The highest BCUT2D eigenvalue weighted by molar-refractivity contribution is 7.99. The molecule has 3 atom stereocenters. The maximum absolute atomic E-state index is 14.8. The van der Waals surface area contributed by atoms with Crippen molar-refractivity contribution in [3.8, 4) is 11.1 Å². The highest BCUT2D eigenvalue weighted by Gasteiger charge is 2.39. The molecule has 0 saturated carbocycles. The normalized spacial score (nSPS) is 21.2. The lowest BCUT2D eigenvalue weighted by Crippen LogP contribution is -2.58. The Hall–Kier alpha value is -3.38. The predicted octanol–water partition coefficient (Wildman–Crippen LogP) is 5.20. The Morgan fingerprint density at radius 3 is 2.41 bits per heavy atom. The molecule has 0 aliphatic carbocycles. The molecular formula is C29H30F4N4O3S. The molecule has 12 heteroatoms. The van der Waals surface area contributed by atoms with Crippen molar-refractivity contribution >= 4 is 34.4 Å². The van der Waals surface area contributed by atoms with Gasteiger partial charge in [0, 0.05) is 66.3 Å². The molecule has 2 aromatic carbocycles. The number of nitrogens with zero attached hydrogens (tertiary/aromatic N) is 4. The first-order chi connectivity index (χ1) is 19.4. The first-order valence-corrected chi connectivity index (χ1v) is 14.2. The van der Waals surface area contributed by atoms with E-state index in [9.17, 15) is 27.2 Å². The van der Waals surface area contributed by atoms with E-state index in [0.29, 0.717) is 22.8 Å². The average molecular weight is 591 g/mol. The van der Waals surface area contributed by atoms with Gasteiger partial charge in [0.1, 0.15) is 11.6 Å². The Bertz CT molecular complexity index is 1550. The van der Waals surface area contributed by atoms with Gasteiger partial charge in [-0.25, -0.2) is 9.18 Å². The number of amides is 1. The minimum Gasteiger partial charge on any atom is -0.384 e. The zero-order chi connectivity index (χ0) is 29.6. The topological polar surface area (TPSA) is 67.7 Å². The molecule has 2 aliphatic rings. The molecule has 0 bridgehead atoms. The molecule has 0 radical (unpaired) electrons. The summed E-state index contributed by atoms with van der Waals surface area (Å²) in [6.07, 6.45) is -3.51. The molecular weight excluding hydrogens is 560 g/mol. The quantitative estimate of drug-likeness (QED) is 0.301. The monoisotopic (exact) mass is 590 g/mol. The molecule has 2 aliphatic heterocycles. The number of alkyl halides is 3. The summed E-state index contributed by atoms with van der Waals surface area (Å²) in [6.45, 7) is 8.32. The number of rotatable bonds is 5. The number of anilines is 1. The van der Waals surface area contributed by atoms with Gasteiger partial charge in [0.2, 0.25) is 5.91 Å². The van der Waals surface area contributed by atoms with E-state index >= 15 is 0 Å². The fourth-order valence-corrected chi connectivity index (χ4v) is 7.29. The minimum atomic E-state index is -4.75. The molecule has 0 N–H and O–H groups in total. The number of hydrogen-bond donors (Lipinski definition) is 0. The lowest BCUT2D eigenvalue weighted by atomic mass is 9.96. The molecule has 1 fully saturated rings. The van der Waals surface area contributed by atoms with Crippen LogP contribution in [0.2, 0.25) is 0 Å². The number of carbonyl (C=O) groups excluding carboxylic acids is 1. The van der Waals surface area contributed by atoms with Gasteiger partial charge in [-0.3, -0.25) is 9.36 Å². The van der Waals surface area contributed by atoms with Crippen LogP contribution in [0.5, 0.6) is 0 Å². The molecule has 3 aromatic rings. The Labute approximate surface area is 238 Å². The summed E-state index contributed by atoms with van der Waals surface area (Å²) in [5, 5.41) is 0.200. The van der Waals surface area contributed by atoms with Crippen LogP contribution in [0.4, 0.5) is 23.4 Å². The summed E-state index contributed by atoms with van der Waals surface area (Å²) < 4.78 is 64.9. The van der Waals surface area contributed by atoms with Crippen molar-refractivity contribution in [2.45, 2.75) is 43.5 Å². The standard InChI is InChI=1S/C29H30F4N4O3S/c1-5-23(38)37-16(2)11-35(12-17(37)3)27-21-10-22(29(31,32)33)24(19-6-8-20(30)9-7-19)26-25(21)36(28(39)34-27)13-18(14-40-4)15-41-26/h5-10,16-18H,1,11-15H2,2-4H3/t16-,17+,18?. The van der Waals surface area contributed by atoms with Crippen LogP contribution in [0.15, 0.2) is 52.7 Å². The van der Waals surface area contributed by atoms with Gasteiger partial charge in [-0.2, -0.15) is 18.2 Å². The van der Waals surface area contributed by atoms with E-state index in [4.69, 9.17) is 4.74 Å². The first kappa shape index (κ1) is 29.1. The van der Waals surface area contributed by atoms with Crippen LogP contribution >= 0.6 is 11.8 Å². The van der Waals surface area contributed by atoms with Crippen LogP contribution in [0.1, 0.15) is 19.4 Å². The summed E-state index contributed by atoms with van der Waals surface area (Å²) in [6, 6.07) is 5.34. The van der Waals surface area contributed by atoms with Crippen molar-refractivity contribution in [1.82, 2.24) is 14.5 Å². The van der Waals surface area contributed by atoms with E-state index < -0.39 is 23.2 Å². The number of methoxy groups -OCH3 is 1. The smallest absolute Gasteiger partial charge is 0.384 e. The third kappa shape index (κ3) is 5.34. The molecule has 1 saturated heterocycles. The Balaban J connectivity index is 1.80. The van der Waals surface area contributed by atoms with E-state index in [1.165, 1.54) is 41.6 Å². The van der Waals surface area contributed by atoms with Crippen LogP contribution < -0.4 is 10.6 Å². The van der Waals surface area contributed by atoms with Crippen LogP contribution in [-0.2, 0) is 22.3 Å². The number of thioether (sulfide) groups is 1. The summed E-state index contributed by atoms with van der Waals surface area (Å²) in [5.74, 6) is -0.410. The maximum Gasteiger partial charge on any atom is 0.417 e. The molecule has 7 nitrogen and oxygen atoms in total. The van der Waals surface area contributed by atoms with Crippen molar-refractivity contribution < 1.29 is 27.1 Å². The van der Waals surface area contributed by atoms with Crippen LogP contribution in [0.3, 0.4) is 0 Å². The number of carbonyl (C=O) groups is 1. The van der Waals surface area contributed by atoms with Crippen LogP contribution in [0.25, 0.3) is 22.0 Å². The Morgan fingerprint density at radius 1 is 1.17 bits per heavy atom. The van der Waals surface area contributed by atoms with Crippen molar-refractivity contribution in [3.05, 3.63) is 64.9 Å². The van der Waals surface area contributed by atoms with E-state index in [0.717, 1.165) is 18.2 Å². The lowest BCUT2D eigenvalue weighted by molar-refractivity contribution is -0.137. The highest BCUT2D eigenvalue weighted by Crippen LogP contribution is 2.48. The largest absolute Gasteiger partial charge is 0.417 e. The number of aromatic nitrogens is 2. The van der Waals surface area contributed by atoms with Gasteiger partial charge in [0.25, 0.3) is 0 Å². The number of hydrogen-bond acceptors (Lipinski definition) is 6. The molecule has 1 unspecified atom stereocenters. The first-order valence-electron chi connectivity index (χ1n) is 13.2. The summed E-state index contributed by atoms with van der Waals surface area (Å²) in [4.78, 5) is 34.2. The molecule has 3 heterocycles. The number of piperazine rings is 1. The van der Waals surface area contributed by atoms with Gasteiger partial charge in [0.15, 0.2) is 0 Å². The number of halogens is 4. The molecule has 5 rings (SSSR count).